The van der Waals surface area contributed by atoms with Gasteiger partial charge in [-0.3, -0.25) is 0 Å². The molecule has 0 spiro atoms. The van der Waals surface area contributed by atoms with Crippen molar-refractivity contribution in [2.75, 3.05) is 0 Å². The highest BCUT2D eigenvalue weighted by Crippen LogP contribution is 2.13. The normalized spacial score (nSPS) is 10.8. The van der Waals surface area contributed by atoms with Crippen LogP contribution in [0.3, 0.4) is 0 Å². The summed E-state index contributed by atoms with van der Waals surface area (Å²) in [5.74, 6) is 6.10. The number of hydrogen-bond donors (Lipinski definition) is 0. The lowest BCUT2D eigenvalue weighted by atomic mass is 10.2. The molecule has 0 saturated carbocycles. The molecule has 24 heavy (non-hydrogen) atoms. The van der Waals surface area contributed by atoms with Crippen molar-refractivity contribution in [3.63, 3.8) is 0 Å². The summed E-state index contributed by atoms with van der Waals surface area (Å²) in [5.41, 5.74) is 3.62. The van der Waals surface area contributed by atoms with E-state index >= 15 is 0 Å². The van der Waals surface area contributed by atoms with E-state index < -0.39 is 0 Å². The Morgan fingerprint density at radius 3 is 2.12 bits per heavy atom. The zero-order valence-electron chi connectivity index (χ0n) is 13.0. The highest BCUT2D eigenvalue weighted by Gasteiger charge is 1.95. The van der Waals surface area contributed by atoms with Gasteiger partial charge < -0.3 is 0 Å². The van der Waals surface area contributed by atoms with E-state index in [1.54, 1.807) is 0 Å². The summed E-state index contributed by atoms with van der Waals surface area (Å²) in [6.07, 6.45) is 3.73. The molecule has 0 radical (unpaired) electrons. The summed E-state index contributed by atoms with van der Waals surface area (Å²) in [6.45, 7) is 0. The Hall–Kier alpha value is -3.44. The van der Waals surface area contributed by atoms with Crippen molar-refractivity contribution in [3.05, 3.63) is 90.3 Å². The summed E-state index contributed by atoms with van der Waals surface area (Å²) in [5, 5.41) is 2.26. The van der Waals surface area contributed by atoms with Gasteiger partial charge in [0.1, 0.15) is 5.69 Å². The first-order valence-corrected chi connectivity index (χ1v) is 7.78. The SMILES string of the molecule is C(#Cc1ccc2ccccc2n1)C=Cc1ccc2ccccc2n1. The van der Waals surface area contributed by atoms with Gasteiger partial charge in [-0.25, -0.2) is 9.97 Å². The van der Waals surface area contributed by atoms with Gasteiger partial charge in [0.2, 0.25) is 0 Å². The maximum Gasteiger partial charge on any atom is 0.114 e. The minimum absolute atomic E-state index is 0.768. The second-order valence-electron chi connectivity index (χ2n) is 5.42. The van der Waals surface area contributed by atoms with Gasteiger partial charge in [-0.15, -0.1) is 0 Å². The first-order valence-electron chi connectivity index (χ1n) is 7.78. The summed E-state index contributed by atoms with van der Waals surface area (Å²) in [7, 11) is 0. The van der Waals surface area contributed by atoms with E-state index in [0.29, 0.717) is 0 Å². The average molecular weight is 306 g/mol. The van der Waals surface area contributed by atoms with Crippen LogP contribution in [0.2, 0.25) is 0 Å². The predicted molar refractivity (Wildman–Crippen MR) is 99.4 cm³/mol. The third kappa shape index (κ3) is 3.02. The molecule has 2 aromatic carbocycles. The van der Waals surface area contributed by atoms with Crippen LogP contribution in [0, 0.1) is 11.8 Å². The molecule has 2 nitrogen and oxygen atoms in total. The van der Waals surface area contributed by atoms with Crippen LogP contribution >= 0.6 is 0 Å². The van der Waals surface area contributed by atoms with Gasteiger partial charge in [0, 0.05) is 10.8 Å². The smallest absolute Gasteiger partial charge is 0.114 e. The van der Waals surface area contributed by atoms with Crippen molar-refractivity contribution in [2.24, 2.45) is 0 Å². The molecular formula is C22H14N2. The number of rotatable bonds is 1. The van der Waals surface area contributed by atoms with Gasteiger partial charge in [0.25, 0.3) is 0 Å². The molecule has 0 aliphatic carbocycles. The second-order valence-corrected chi connectivity index (χ2v) is 5.42. The Balaban J connectivity index is 1.56. The molecule has 0 saturated heterocycles. The summed E-state index contributed by atoms with van der Waals surface area (Å²) < 4.78 is 0. The van der Waals surface area contributed by atoms with Crippen LogP contribution in [0.25, 0.3) is 27.9 Å². The van der Waals surface area contributed by atoms with Crippen LogP contribution in [0.4, 0.5) is 0 Å². The Kier molecular flexibility index (Phi) is 3.75. The summed E-state index contributed by atoms with van der Waals surface area (Å²) in [4.78, 5) is 9.13. The van der Waals surface area contributed by atoms with Crippen LogP contribution in [-0.4, -0.2) is 9.97 Å². The van der Waals surface area contributed by atoms with E-state index in [0.717, 1.165) is 33.2 Å². The lowest BCUT2D eigenvalue weighted by molar-refractivity contribution is 1.36. The van der Waals surface area contributed by atoms with Crippen molar-refractivity contribution in [3.8, 4) is 11.8 Å². The van der Waals surface area contributed by atoms with E-state index in [4.69, 9.17) is 0 Å². The molecule has 4 rings (SSSR count). The molecule has 0 bridgehead atoms. The molecular weight excluding hydrogens is 292 g/mol. The van der Waals surface area contributed by atoms with Gasteiger partial charge >= 0.3 is 0 Å². The maximum absolute atomic E-state index is 4.59. The highest BCUT2D eigenvalue weighted by atomic mass is 14.7. The fourth-order valence-electron chi connectivity index (χ4n) is 2.55. The van der Waals surface area contributed by atoms with Gasteiger partial charge in [-0.05, 0) is 42.3 Å². The molecule has 0 fully saturated rings. The van der Waals surface area contributed by atoms with Gasteiger partial charge in [-0.2, -0.15) is 0 Å². The largest absolute Gasteiger partial charge is 0.248 e. The fourth-order valence-corrected chi connectivity index (χ4v) is 2.55. The first kappa shape index (κ1) is 14.2. The van der Waals surface area contributed by atoms with Crippen LogP contribution in [0.1, 0.15) is 11.4 Å². The Morgan fingerprint density at radius 2 is 1.33 bits per heavy atom. The van der Waals surface area contributed by atoms with Crippen molar-refractivity contribution >= 4 is 27.9 Å². The molecule has 4 aromatic rings. The van der Waals surface area contributed by atoms with Crippen molar-refractivity contribution in [1.29, 1.82) is 0 Å². The monoisotopic (exact) mass is 306 g/mol. The number of para-hydroxylation sites is 2. The van der Waals surface area contributed by atoms with Crippen LogP contribution in [0.15, 0.2) is 78.9 Å². The Bertz CT molecular complexity index is 1110. The third-order valence-corrected chi connectivity index (χ3v) is 3.76. The second kappa shape index (κ2) is 6.36. The van der Waals surface area contributed by atoms with Crippen molar-refractivity contribution < 1.29 is 0 Å². The molecule has 2 heterocycles. The van der Waals surface area contributed by atoms with Gasteiger partial charge in [0.05, 0.1) is 16.7 Å². The van der Waals surface area contributed by atoms with Crippen molar-refractivity contribution in [2.45, 2.75) is 0 Å². The number of pyridine rings is 2. The van der Waals surface area contributed by atoms with E-state index in [1.807, 2.05) is 72.8 Å². The van der Waals surface area contributed by atoms with E-state index in [-0.39, 0.29) is 0 Å². The molecule has 0 atom stereocenters. The minimum Gasteiger partial charge on any atom is -0.248 e. The summed E-state index contributed by atoms with van der Waals surface area (Å²) >= 11 is 0. The number of nitrogens with zero attached hydrogens (tertiary/aromatic N) is 2. The first-order chi connectivity index (χ1) is 11.9. The molecule has 112 valence electrons. The standard InChI is InChI=1S/C22H14N2/c1-5-11-21-17(7-1)13-15-19(23-21)9-3-4-10-20-16-14-18-8-2-6-12-22(18)24-20/h1-3,5-9,11-16H. The van der Waals surface area contributed by atoms with Crippen LogP contribution in [-0.2, 0) is 0 Å². The Labute approximate surface area is 140 Å². The van der Waals surface area contributed by atoms with Crippen molar-refractivity contribution in [1.82, 2.24) is 9.97 Å². The third-order valence-electron chi connectivity index (χ3n) is 3.76. The molecule has 0 unspecified atom stereocenters. The lowest BCUT2D eigenvalue weighted by Crippen LogP contribution is -1.83. The zero-order valence-corrected chi connectivity index (χ0v) is 13.0. The molecule has 0 N–H and O–H groups in total. The van der Waals surface area contributed by atoms with E-state index in [2.05, 4.69) is 33.9 Å². The molecule has 2 aromatic heterocycles. The van der Waals surface area contributed by atoms with Gasteiger partial charge in [0.15, 0.2) is 0 Å². The summed E-state index contributed by atoms with van der Waals surface area (Å²) in [6, 6.07) is 24.2. The number of aromatic nitrogens is 2. The topological polar surface area (TPSA) is 25.8 Å². The Morgan fingerprint density at radius 1 is 0.667 bits per heavy atom. The van der Waals surface area contributed by atoms with Crippen LogP contribution in [0.5, 0.6) is 0 Å². The lowest BCUT2D eigenvalue weighted by Gasteiger charge is -1.97. The number of allylic oxidation sites excluding steroid dienone is 1. The fraction of sp³-hybridized carbons (Fsp3) is 0. The number of benzene rings is 2. The maximum atomic E-state index is 4.59. The zero-order chi connectivity index (χ0) is 16.2. The van der Waals surface area contributed by atoms with Gasteiger partial charge in [-0.1, -0.05) is 54.5 Å². The predicted octanol–water partition coefficient (Wildman–Crippen LogP) is 4.85. The van der Waals surface area contributed by atoms with E-state index in [9.17, 15) is 0 Å². The highest BCUT2D eigenvalue weighted by molar-refractivity contribution is 5.80. The molecule has 0 aliphatic rings. The quantitative estimate of drug-likeness (QED) is 0.470. The minimum atomic E-state index is 0.768. The molecule has 0 aliphatic heterocycles. The number of hydrogen-bond acceptors (Lipinski definition) is 2. The van der Waals surface area contributed by atoms with Crippen LogP contribution < -0.4 is 0 Å². The van der Waals surface area contributed by atoms with E-state index in [1.165, 1.54) is 0 Å². The molecule has 2 heteroatoms. The molecule has 0 amide bonds. The average Bonchev–Trinajstić information content (AvgIpc) is 2.65. The number of fused-ring (bicyclic) bond motifs is 2.